The second-order valence-electron chi connectivity index (χ2n) is 5.06. The first kappa shape index (κ1) is 18.6. The van der Waals surface area contributed by atoms with E-state index < -0.39 is 16.9 Å². The Balaban J connectivity index is 1.68. The number of ether oxygens (including phenoxy) is 1. The molecule has 0 aromatic heterocycles. The summed E-state index contributed by atoms with van der Waals surface area (Å²) in [6.45, 7) is -0.197. The molecule has 0 spiro atoms. The molecule has 9 heteroatoms. The number of hydrazone groups is 1. The quantitative estimate of drug-likeness (QED) is 0.446. The third-order valence-corrected chi connectivity index (χ3v) is 3.11. The highest BCUT2D eigenvalue weighted by Gasteiger charge is 2.06. The predicted octanol–water partition coefficient (Wildman–Crippen LogP) is 1.97. The van der Waals surface area contributed by atoms with Gasteiger partial charge in [-0.1, -0.05) is 30.3 Å². The van der Waals surface area contributed by atoms with Crippen LogP contribution < -0.4 is 10.7 Å². The third kappa shape index (κ3) is 6.40. The minimum Gasteiger partial charge on any atom is -0.445 e. The summed E-state index contributed by atoms with van der Waals surface area (Å²) in [6, 6.07) is 14.8. The molecule has 0 saturated heterocycles. The summed E-state index contributed by atoms with van der Waals surface area (Å²) in [5.41, 5.74) is 3.59. The molecular formula is C17H16N4O5. The number of nitro benzene ring substituents is 1. The van der Waals surface area contributed by atoms with Gasteiger partial charge >= 0.3 is 6.09 Å². The lowest BCUT2D eigenvalue weighted by Crippen LogP contribution is -2.35. The van der Waals surface area contributed by atoms with Gasteiger partial charge in [-0.2, -0.15) is 5.10 Å². The van der Waals surface area contributed by atoms with Crippen LogP contribution in [0.25, 0.3) is 0 Å². The lowest BCUT2D eigenvalue weighted by atomic mass is 10.2. The van der Waals surface area contributed by atoms with Crippen molar-refractivity contribution in [2.75, 3.05) is 6.54 Å². The van der Waals surface area contributed by atoms with E-state index in [1.165, 1.54) is 30.5 Å². The van der Waals surface area contributed by atoms with Crippen LogP contribution in [-0.2, 0) is 16.1 Å². The number of rotatable bonds is 7. The van der Waals surface area contributed by atoms with Crippen molar-refractivity contribution in [3.05, 3.63) is 75.8 Å². The van der Waals surface area contributed by atoms with E-state index in [2.05, 4.69) is 15.8 Å². The zero-order valence-corrected chi connectivity index (χ0v) is 13.6. The minimum absolute atomic E-state index is 0.0376. The predicted molar refractivity (Wildman–Crippen MR) is 93.5 cm³/mol. The Kier molecular flexibility index (Phi) is 6.81. The number of nitrogens with zero attached hydrogens (tertiary/aromatic N) is 2. The lowest BCUT2D eigenvalue weighted by Gasteiger charge is -2.06. The summed E-state index contributed by atoms with van der Waals surface area (Å²) in [6.07, 6.45) is 0.610. The van der Waals surface area contributed by atoms with Crippen molar-refractivity contribution in [3.63, 3.8) is 0 Å². The Morgan fingerprint density at radius 2 is 1.81 bits per heavy atom. The van der Waals surface area contributed by atoms with E-state index in [4.69, 9.17) is 4.74 Å². The van der Waals surface area contributed by atoms with Gasteiger partial charge < -0.3 is 10.1 Å². The van der Waals surface area contributed by atoms with Gasteiger partial charge in [0, 0.05) is 12.1 Å². The van der Waals surface area contributed by atoms with Crippen LogP contribution in [0.4, 0.5) is 10.5 Å². The first-order valence-electron chi connectivity index (χ1n) is 7.55. The van der Waals surface area contributed by atoms with Crippen molar-refractivity contribution in [1.29, 1.82) is 0 Å². The fraction of sp³-hybridized carbons (Fsp3) is 0.118. The summed E-state index contributed by atoms with van der Waals surface area (Å²) in [7, 11) is 0. The van der Waals surface area contributed by atoms with Gasteiger partial charge in [0.05, 0.1) is 11.1 Å². The van der Waals surface area contributed by atoms with Crippen LogP contribution in [0.1, 0.15) is 11.1 Å². The summed E-state index contributed by atoms with van der Waals surface area (Å²) in [5, 5.41) is 16.5. The molecule has 9 nitrogen and oxygen atoms in total. The normalized spacial score (nSPS) is 10.3. The number of hydrogen-bond donors (Lipinski definition) is 2. The molecule has 0 radical (unpaired) electrons. The molecule has 2 N–H and O–H groups in total. The number of carbonyl (C=O) groups excluding carboxylic acids is 2. The average Bonchev–Trinajstić information content (AvgIpc) is 2.66. The SMILES string of the molecule is O=C(CNC(=O)OCc1ccccc1)NN=Cc1ccc([N+](=O)[O-])cc1. The van der Waals surface area contributed by atoms with Crippen LogP contribution >= 0.6 is 0 Å². The van der Waals surface area contributed by atoms with Crippen LogP contribution in [0.15, 0.2) is 59.7 Å². The summed E-state index contributed by atoms with van der Waals surface area (Å²) < 4.78 is 4.96. The number of benzene rings is 2. The Morgan fingerprint density at radius 1 is 1.12 bits per heavy atom. The van der Waals surface area contributed by atoms with Gasteiger partial charge in [0.25, 0.3) is 11.6 Å². The van der Waals surface area contributed by atoms with Gasteiger partial charge in [-0.05, 0) is 23.3 Å². The van der Waals surface area contributed by atoms with Crippen molar-refractivity contribution in [2.24, 2.45) is 5.10 Å². The molecule has 2 aromatic rings. The van der Waals surface area contributed by atoms with Crippen molar-refractivity contribution < 1.29 is 19.2 Å². The van der Waals surface area contributed by atoms with Gasteiger partial charge in [0.15, 0.2) is 0 Å². The second kappa shape index (κ2) is 9.52. The smallest absolute Gasteiger partial charge is 0.407 e. The Morgan fingerprint density at radius 3 is 2.46 bits per heavy atom. The largest absolute Gasteiger partial charge is 0.445 e. The fourth-order valence-electron chi connectivity index (χ4n) is 1.83. The van der Waals surface area contributed by atoms with E-state index in [9.17, 15) is 19.7 Å². The maximum absolute atomic E-state index is 11.6. The Labute approximate surface area is 148 Å². The Bertz CT molecular complexity index is 791. The molecule has 0 aliphatic carbocycles. The standard InChI is InChI=1S/C17H16N4O5/c22-16(11-18-17(23)26-12-14-4-2-1-3-5-14)20-19-10-13-6-8-15(9-7-13)21(24)25/h1-10H,11-12H2,(H,18,23)(H,20,22). The van der Waals surface area contributed by atoms with E-state index >= 15 is 0 Å². The van der Waals surface area contributed by atoms with Crippen LogP contribution in [0, 0.1) is 10.1 Å². The second-order valence-corrected chi connectivity index (χ2v) is 5.06. The third-order valence-electron chi connectivity index (χ3n) is 3.11. The first-order valence-corrected chi connectivity index (χ1v) is 7.55. The summed E-state index contributed by atoms with van der Waals surface area (Å²) in [4.78, 5) is 33.1. The van der Waals surface area contributed by atoms with Crippen molar-refractivity contribution in [1.82, 2.24) is 10.7 Å². The highest BCUT2D eigenvalue weighted by Crippen LogP contribution is 2.10. The molecule has 0 aliphatic rings. The number of alkyl carbamates (subject to hydrolysis) is 1. The molecule has 134 valence electrons. The number of non-ortho nitro benzene ring substituents is 1. The molecule has 0 bridgehead atoms. The van der Waals surface area contributed by atoms with Crippen molar-refractivity contribution in [3.8, 4) is 0 Å². The topological polar surface area (TPSA) is 123 Å². The van der Waals surface area contributed by atoms with Crippen LogP contribution in [0.2, 0.25) is 0 Å². The van der Waals surface area contributed by atoms with Gasteiger partial charge in [-0.3, -0.25) is 14.9 Å². The molecular weight excluding hydrogens is 340 g/mol. The molecule has 2 amide bonds. The van der Waals surface area contributed by atoms with E-state index in [0.717, 1.165) is 5.56 Å². The number of carbonyl (C=O) groups is 2. The summed E-state index contributed by atoms with van der Waals surface area (Å²) in [5.74, 6) is -0.542. The molecule has 0 unspecified atom stereocenters. The minimum atomic E-state index is -0.719. The van der Waals surface area contributed by atoms with Crippen LogP contribution in [-0.4, -0.2) is 29.7 Å². The molecule has 0 fully saturated rings. The zero-order chi connectivity index (χ0) is 18.8. The van der Waals surface area contributed by atoms with Gasteiger partial charge in [-0.15, -0.1) is 0 Å². The van der Waals surface area contributed by atoms with Crippen LogP contribution in [0.5, 0.6) is 0 Å². The zero-order valence-electron chi connectivity index (χ0n) is 13.6. The van der Waals surface area contributed by atoms with Gasteiger partial charge in [0.2, 0.25) is 0 Å². The number of nitrogens with one attached hydrogen (secondary N) is 2. The maximum atomic E-state index is 11.6. The molecule has 26 heavy (non-hydrogen) atoms. The highest BCUT2D eigenvalue weighted by atomic mass is 16.6. The molecule has 0 heterocycles. The molecule has 2 rings (SSSR count). The van der Waals surface area contributed by atoms with Crippen molar-refractivity contribution in [2.45, 2.75) is 6.61 Å². The van der Waals surface area contributed by atoms with Crippen LogP contribution in [0.3, 0.4) is 0 Å². The van der Waals surface area contributed by atoms with E-state index in [1.54, 1.807) is 0 Å². The first-order chi connectivity index (χ1) is 12.5. The number of hydrogen-bond acceptors (Lipinski definition) is 6. The molecule has 0 aliphatic heterocycles. The van der Waals surface area contributed by atoms with Gasteiger partial charge in [-0.25, -0.2) is 10.2 Å². The highest BCUT2D eigenvalue weighted by molar-refractivity contribution is 5.84. The van der Waals surface area contributed by atoms with E-state index in [0.29, 0.717) is 5.56 Å². The molecule has 0 saturated carbocycles. The van der Waals surface area contributed by atoms with Crippen molar-refractivity contribution >= 4 is 23.9 Å². The number of amides is 2. The monoisotopic (exact) mass is 356 g/mol. The summed E-state index contributed by atoms with van der Waals surface area (Å²) >= 11 is 0. The maximum Gasteiger partial charge on any atom is 0.407 e. The number of nitro groups is 1. The lowest BCUT2D eigenvalue weighted by molar-refractivity contribution is -0.384. The van der Waals surface area contributed by atoms with E-state index in [1.807, 2.05) is 30.3 Å². The fourth-order valence-corrected chi connectivity index (χ4v) is 1.83. The molecule has 2 aromatic carbocycles. The molecule has 0 atom stereocenters. The average molecular weight is 356 g/mol. The Hall–Kier alpha value is -3.75. The van der Waals surface area contributed by atoms with Gasteiger partial charge in [0.1, 0.15) is 13.2 Å². The van der Waals surface area contributed by atoms with E-state index in [-0.39, 0.29) is 18.8 Å².